The molecule has 1 aromatic rings. The van der Waals surface area contributed by atoms with E-state index in [0.29, 0.717) is 19.6 Å². The Hall–Kier alpha value is -2.34. The van der Waals surface area contributed by atoms with E-state index in [1.54, 1.807) is 0 Å². The van der Waals surface area contributed by atoms with Gasteiger partial charge in [0.05, 0.1) is 12.4 Å². The van der Waals surface area contributed by atoms with Gasteiger partial charge in [0.25, 0.3) is 0 Å². The summed E-state index contributed by atoms with van der Waals surface area (Å²) in [6.07, 6.45) is 1.75. The second-order valence-corrected chi connectivity index (χ2v) is 4.09. The van der Waals surface area contributed by atoms with Gasteiger partial charge in [0.2, 0.25) is 0 Å². The molecule has 106 valence electrons. The van der Waals surface area contributed by atoms with E-state index in [-0.39, 0.29) is 12.2 Å². The monoisotopic (exact) mass is 276 g/mol. The molecule has 6 nitrogen and oxygen atoms in total. The quantitative estimate of drug-likeness (QED) is 0.330. The smallest absolute Gasteiger partial charge is 0.334 e. The maximum Gasteiger partial charge on any atom is 0.334 e. The predicted octanol–water partition coefficient (Wildman–Crippen LogP) is 2.74. The molecule has 0 aliphatic rings. The van der Waals surface area contributed by atoms with Crippen molar-refractivity contribution in [3.8, 4) is 0 Å². The van der Waals surface area contributed by atoms with E-state index in [2.05, 4.69) is 5.18 Å². The van der Waals surface area contributed by atoms with Gasteiger partial charge < -0.3 is 9.84 Å². The van der Waals surface area contributed by atoms with Crippen molar-refractivity contribution in [1.29, 1.82) is 5.41 Å². The molecule has 0 heterocycles. The van der Waals surface area contributed by atoms with Crippen LogP contribution in [0.2, 0.25) is 0 Å². The Labute approximate surface area is 116 Å². The average molecular weight is 276 g/mol. The SMILES string of the molecule is N=C(/C=C(\O)CCCOCc1ccccc1)C(=O)N=O. The molecule has 0 unspecified atom stereocenters. The fraction of sp³-hybridized carbons (Fsp3) is 0.286. The number of ether oxygens (including phenoxy) is 1. The summed E-state index contributed by atoms with van der Waals surface area (Å²) in [7, 11) is 0. The lowest BCUT2D eigenvalue weighted by atomic mass is 10.2. The second kappa shape index (κ2) is 8.71. The molecule has 0 saturated heterocycles. The lowest BCUT2D eigenvalue weighted by molar-refractivity contribution is -0.111. The summed E-state index contributed by atoms with van der Waals surface area (Å²) >= 11 is 0. The molecule has 0 aliphatic heterocycles. The standard InChI is InChI=1S/C14H16N2O4/c15-13(14(18)16-19)9-12(17)7-4-8-20-10-11-5-2-1-3-6-11/h1-3,5-6,9,15,17H,4,7-8,10H2/b12-9-,15-13?. The van der Waals surface area contributed by atoms with Gasteiger partial charge in [-0.15, -0.1) is 4.91 Å². The average Bonchev–Trinajstić information content (AvgIpc) is 2.47. The zero-order valence-corrected chi connectivity index (χ0v) is 10.9. The van der Waals surface area contributed by atoms with Gasteiger partial charge in [0.15, 0.2) is 0 Å². The van der Waals surface area contributed by atoms with Crippen LogP contribution in [0.25, 0.3) is 0 Å². The van der Waals surface area contributed by atoms with Gasteiger partial charge in [0, 0.05) is 24.3 Å². The summed E-state index contributed by atoms with van der Waals surface area (Å²) in [5.41, 5.74) is 0.444. The van der Waals surface area contributed by atoms with Crippen molar-refractivity contribution in [2.75, 3.05) is 6.61 Å². The van der Waals surface area contributed by atoms with Gasteiger partial charge in [-0.1, -0.05) is 30.3 Å². The fourth-order valence-electron chi connectivity index (χ4n) is 1.47. The van der Waals surface area contributed by atoms with Crippen LogP contribution in [0.1, 0.15) is 18.4 Å². The largest absolute Gasteiger partial charge is 0.512 e. The van der Waals surface area contributed by atoms with Crippen LogP contribution in [0, 0.1) is 10.3 Å². The van der Waals surface area contributed by atoms with E-state index < -0.39 is 11.6 Å². The predicted molar refractivity (Wildman–Crippen MR) is 74.6 cm³/mol. The van der Waals surface area contributed by atoms with E-state index in [1.165, 1.54) is 0 Å². The molecule has 0 radical (unpaired) electrons. The Morgan fingerprint density at radius 3 is 2.70 bits per heavy atom. The van der Waals surface area contributed by atoms with Crippen molar-refractivity contribution in [2.24, 2.45) is 5.18 Å². The van der Waals surface area contributed by atoms with Crippen LogP contribution >= 0.6 is 0 Å². The van der Waals surface area contributed by atoms with Crippen LogP contribution in [-0.2, 0) is 16.1 Å². The van der Waals surface area contributed by atoms with Crippen LogP contribution in [0.4, 0.5) is 0 Å². The topological polar surface area (TPSA) is 99.8 Å². The first-order valence-electron chi connectivity index (χ1n) is 6.11. The van der Waals surface area contributed by atoms with Gasteiger partial charge in [-0.2, -0.15) is 0 Å². The maximum atomic E-state index is 10.7. The summed E-state index contributed by atoms with van der Waals surface area (Å²) in [4.78, 5) is 20.6. The number of benzene rings is 1. The molecule has 0 saturated carbocycles. The third-order valence-corrected chi connectivity index (χ3v) is 2.46. The molecule has 0 spiro atoms. The van der Waals surface area contributed by atoms with Crippen LogP contribution in [0.15, 0.2) is 47.3 Å². The number of rotatable bonds is 8. The van der Waals surface area contributed by atoms with Crippen LogP contribution in [0.3, 0.4) is 0 Å². The number of nitrogens with one attached hydrogen (secondary N) is 1. The highest BCUT2D eigenvalue weighted by molar-refractivity contribution is 6.42. The first-order valence-corrected chi connectivity index (χ1v) is 6.11. The number of hydrogen-bond donors (Lipinski definition) is 2. The number of nitrogens with zero attached hydrogens (tertiary/aromatic N) is 1. The molecule has 0 atom stereocenters. The molecule has 1 aromatic carbocycles. The summed E-state index contributed by atoms with van der Waals surface area (Å²) in [5.74, 6) is -1.34. The molecule has 1 rings (SSSR count). The Morgan fingerprint density at radius 2 is 2.05 bits per heavy atom. The number of aliphatic hydroxyl groups is 1. The minimum atomic E-state index is -1.20. The van der Waals surface area contributed by atoms with Gasteiger partial charge in [0.1, 0.15) is 5.71 Å². The number of carbonyl (C=O) groups excluding carboxylic acids is 1. The summed E-state index contributed by atoms with van der Waals surface area (Å²) in [6.45, 7) is 0.939. The van der Waals surface area contributed by atoms with Crippen molar-refractivity contribution < 1.29 is 14.6 Å². The maximum absolute atomic E-state index is 10.7. The Morgan fingerprint density at radius 1 is 1.35 bits per heavy atom. The van der Waals surface area contributed by atoms with Crippen LogP contribution < -0.4 is 0 Å². The lowest BCUT2D eigenvalue weighted by Crippen LogP contribution is -2.07. The normalized spacial score (nSPS) is 11.1. The number of aliphatic hydroxyl groups excluding tert-OH is 1. The Balaban J connectivity index is 2.20. The van der Waals surface area contributed by atoms with Gasteiger partial charge in [-0.3, -0.25) is 10.2 Å². The molecule has 0 aromatic heterocycles. The molecular formula is C14H16N2O4. The van der Waals surface area contributed by atoms with Crippen molar-refractivity contribution in [2.45, 2.75) is 19.4 Å². The molecule has 1 amide bonds. The Bertz CT molecular complexity index is 497. The highest BCUT2D eigenvalue weighted by Gasteiger charge is 2.07. The van der Waals surface area contributed by atoms with E-state index in [0.717, 1.165) is 11.6 Å². The highest BCUT2D eigenvalue weighted by Crippen LogP contribution is 2.05. The third-order valence-electron chi connectivity index (χ3n) is 2.46. The lowest BCUT2D eigenvalue weighted by Gasteiger charge is -2.04. The van der Waals surface area contributed by atoms with E-state index in [1.807, 2.05) is 30.3 Å². The first kappa shape index (κ1) is 15.7. The zero-order valence-electron chi connectivity index (χ0n) is 10.9. The van der Waals surface area contributed by atoms with Crippen molar-refractivity contribution in [1.82, 2.24) is 0 Å². The molecular weight excluding hydrogens is 260 g/mol. The highest BCUT2D eigenvalue weighted by atomic mass is 16.5. The Kier molecular flexibility index (Phi) is 6.84. The number of allylic oxidation sites excluding steroid dienone is 1. The summed E-state index contributed by atoms with van der Waals surface area (Å²) in [6, 6.07) is 9.69. The van der Waals surface area contributed by atoms with E-state index in [9.17, 15) is 14.8 Å². The molecule has 0 aliphatic carbocycles. The molecule has 0 fully saturated rings. The molecule has 6 heteroatoms. The van der Waals surface area contributed by atoms with Gasteiger partial charge in [-0.25, -0.2) is 0 Å². The van der Waals surface area contributed by atoms with E-state index in [4.69, 9.17) is 10.1 Å². The van der Waals surface area contributed by atoms with Crippen molar-refractivity contribution in [3.63, 3.8) is 0 Å². The van der Waals surface area contributed by atoms with E-state index >= 15 is 0 Å². The molecule has 20 heavy (non-hydrogen) atoms. The van der Waals surface area contributed by atoms with Crippen molar-refractivity contribution >= 4 is 11.6 Å². The number of nitroso groups, excluding NO2 is 1. The second-order valence-electron chi connectivity index (χ2n) is 4.09. The van der Waals surface area contributed by atoms with Crippen molar-refractivity contribution in [3.05, 3.63) is 52.6 Å². The van der Waals surface area contributed by atoms with Crippen LogP contribution in [-0.4, -0.2) is 23.3 Å². The minimum Gasteiger partial charge on any atom is -0.512 e. The first-order chi connectivity index (χ1) is 9.63. The number of hydrogen-bond acceptors (Lipinski definition) is 5. The summed E-state index contributed by atoms with van der Waals surface area (Å²) in [5, 5.41) is 18.7. The zero-order chi connectivity index (χ0) is 14.8. The number of carbonyl (C=O) groups is 1. The summed E-state index contributed by atoms with van der Waals surface area (Å²) < 4.78 is 5.42. The van der Waals surface area contributed by atoms with Gasteiger partial charge >= 0.3 is 5.91 Å². The number of amides is 1. The van der Waals surface area contributed by atoms with Gasteiger partial charge in [-0.05, 0) is 12.0 Å². The fourth-order valence-corrected chi connectivity index (χ4v) is 1.47. The molecule has 0 bridgehead atoms. The minimum absolute atomic E-state index is 0.143. The van der Waals surface area contributed by atoms with Crippen LogP contribution in [0.5, 0.6) is 0 Å². The molecule has 2 N–H and O–H groups in total. The third kappa shape index (κ3) is 6.01.